The van der Waals surface area contributed by atoms with Crippen molar-refractivity contribution in [1.29, 1.82) is 0 Å². The molecule has 6 heteroatoms. The Balaban J connectivity index is 2.16. The van der Waals surface area contributed by atoms with Crippen LogP contribution in [0.15, 0.2) is 24.3 Å². The maximum Gasteiger partial charge on any atom is 0.238 e. The molecule has 0 bridgehead atoms. The maximum atomic E-state index is 11.7. The predicted molar refractivity (Wildman–Crippen MR) is 82.3 cm³/mol. The van der Waals surface area contributed by atoms with Gasteiger partial charge in [-0.1, -0.05) is 23.7 Å². The quantitative estimate of drug-likeness (QED) is 0.678. The van der Waals surface area contributed by atoms with Crippen molar-refractivity contribution in [3.8, 4) is 0 Å². The van der Waals surface area contributed by atoms with Crippen molar-refractivity contribution >= 4 is 23.2 Å². The molecule has 0 radical (unpaired) electrons. The molecule has 1 amide bonds. The van der Waals surface area contributed by atoms with Gasteiger partial charge in [0.05, 0.1) is 23.9 Å². The van der Waals surface area contributed by atoms with E-state index in [0.29, 0.717) is 17.3 Å². The second kappa shape index (κ2) is 9.72. The number of likely N-dealkylation sites (N-methyl/N-ethyl adjacent to an activating group) is 1. The van der Waals surface area contributed by atoms with E-state index in [2.05, 4.69) is 15.5 Å². The highest BCUT2D eigenvalue weighted by Gasteiger charge is 2.04. The zero-order valence-corrected chi connectivity index (χ0v) is 12.7. The summed E-state index contributed by atoms with van der Waals surface area (Å²) >= 11 is 5.97. The van der Waals surface area contributed by atoms with Crippen LogP contribution >= 0.6 is 11.6 Å². The van der Waals surface area contributed by atoms with Crippen LogP contribution in [0.5, 0.6) is 0 Å². The van der Waals surface area contributed by atoms with Gasteiger partial charge in [0.1, 0.15) is 0 Å². The normalized spacial score (nSPS) is 10.8. The minimum absolute atomic E-state index is 0.0994. The molecule has 1 aromatic carbocycles. The van der Waals surface area contributed by atoms with Gasteiger partial charge in [-0.3, -0.25) is 4.79 Å². The molecule has 2 N–H and O–H groups in total. The third kappa shape index (κ3) is 6.86. The molecule has 5 nitrogen and oxygen atoms in total. The number of benzene rings is 1. The smallest absolute Gasteiger partial charge is 0.238 e. The fraction of sp³-hybridized carbons (Fsp3) is 0.500. The van der Waals surface area contributed by atoms with E-state index in [9.17, 15) is 4.79 Å². The summed E-state index contributed by atoms with van der Waals surface area (Å²) in [5, 5.41) is 6.40. The lowest BCUT2D eigenvalue weighted by atomic mass is 10.3. The van der Waals surface area contributed by atoms with E-state index in [4.69, 9.17) is 16.3 Å². The van der Waals surface area contributed by atoms with Gasteiger partial charge in [-0.05, 0) is 19.2 Å². The molecule has 1 aromatic rings. The van der Waals surface area contributed by atoms with E-state index in [-0.39, 0.29) is 12.5 Å². The summed E-state index contributed by atoms with van der Waals surface area (Å²) in [5.41, 5.74) is 0.637. The number of rotatable bonds is 9. The Morgan fingerprint density at radius 2 is 2.10 bits per heavy atom. The van der Waals surface area contributed by atoms with Crippen LogP contribution < -0.4 is 10.6 Å². The van der Waals surface area contributed by atoms with Crippen LogP contribution in [0.1, 0.15) is 0 Å². The molecular weight excluding hydrogens is 278 g/mol. The van der Waals surface area contributed by atoms with Crippen molar-refractivity contribution in [3.63, 3.8) is 0 Å². The molecule has 0 aliphatic heterocycles. The maximum absolute atomic E-state index is 11.7. The molecule has 0 spiro atoms. The van der Waals surface area contributed by atoms with Gasteiger partial charge in [-0.2, -0.15) is 0 Å². The molecule has 0 unspecified atom stereocenters. The molecule has 0 saturated carbocycles. The third-order valence-corrected chi connectivity index (χ3v) is 3.11. The standard InChI is InChI=1S/C14H22ClN3O2/c1-18(9-10-20-2)8-7-16-11-14(19)17-13-6-4-3-5-12(13)15/h3-6,16H,7-11H2,1-2H3,(H,17,19). The summed E-state index contributed by atoms with van der Waals surface area (Å²) in [7, 11) is 3.70. The minimum atomic E-state index is -0.0994. The molecule has 0 aliphatic rings. The van der Waals surface area contributed by atoms with Gasteiger partial charge in [0.2, 0.25) is 5.91 Å². The van der Waals surface area contributed by atoms with E-state index >= 15 is 0 Å². The molecule has 0 aromatic heterocycles. The van der Waals surface area contributed by atoms with Crippen LogP contribution in [0, 0.1) is 0 Å². The third-order valence-electron chi connectivity index (χ3n) is 2.78. The number of carbonyl (C=O) groups is 1. The Hall–Kier alpha value is -1.14. The summed E-state index contributed by atoms with van der Waals surface area (Å²) in [5.74, 6) is -0.0994. The van der Waals surface area contributed by atoms with Crippen molar-refractivity contribution < 1.29 is 9.53 Å². The minimum Gasteiger partial charge on any atom is -0.383 e. The molecule has 20 heavy (non-hydrogen) atoms. The van der Waals surface area contributed by atoms with Crippen molar-refractivity contribution in [3.05, 3.63) is 29.3 Å². The molecule has 112 valence electrons. The first-order chi connectivity index (χ1) is 9.63. The van der Waals surface area contributed by atoms with Crippen LogP contribution in [0.2, 0.25) is 5.02 Å². The number of nitrogens with one attached hydrogen (secondary N) is 2. The summed E-state index contributed by atoms with van der Waals surface area (Å²) < 4.78 is 5.00. The highest BCUT2D eigenvalue weighted by atomic mass is 35.5. The highest BCUT2D eigenvalue weighted by Crippen LogP contribution is 2.19. The average Bonchev–Trinajstić information content (AvgIpc) is 2.44. The number of anilines is 1. The van der Waals surface area contributed by atoms with Gasteiger partial charge in [0.15, 0.2) is 0 Å². The predicted octanol–water partition coefficient (Wildman–Crippen LogP) is 1.45. The lowest BCUT2D eigenvalue weighted by Crippen LogP contribution is -2.35. The molecule has 0 fully saturated rings. The number of amides is 1. The molecule has 0 atom stereocenters. The van der Waals surface area contributed by atoms with Crippen molar-refractivity contribution in [2.24, 2.45) is 0 Å². The van der Waals surface area contributed by atoms with Gasteiger partial charge in [0, 0.05) is 26.7 Å². The van der Waals surface area contributed by atoms with Gasteiger partial charge in [0.25, 0.3) is 0 Å². The fourth-order valence-corrected chi connectivity index (χ4v) is 1.77. The zero-order valence-electron chi connectivity index (χ0n) is 12.0. The van der Waals surface area contributed by atoms with Gasteiger partial charge in [-0.15, -0.1) is 0 Å². The van der Waals surface area contributed by atoms with Crippen LogP contribution in [0.4, 0.5) is 5.69 Å². The Morgan fingerprint density at radius 3 is 2.80 bits per heavy atom. The molecule has 0 aliphatic carbocycles. The van der Waals surface area contributed by atoms with Crippen LogP contribution in [-0.2, 0) is 9.53 Å². The van der Waals surface area contributed by atoms with Crippen molar-refractivity contribution in [2.75, 3.05) is 52.3 Å². The molecule has 0 heterocycles. The lowest BCUT2D eigenvalue weighted by Gasteiger charge is -2.16. The van der Waals surface area contributed by atoms with Gasteiger partial charge < -0.3 is 20.3 Å². The van der Waals surface area contributed by atoms with E-state index in [1.165, 1.54) is 0 Å². The summed E-state index contributed by atoms with van der Waals surface area (Å²) in [6.07, 6.45) is 0. The van der Waals surface area contributed by atoms with Crippen LogP contribution in [-0.4, -0.2) is 57.8 Å². The molecular formula is C14H22ClN3O2. The van der Waals surface area contributed by atoms with Crippen molar-refractivity contribution in [2.45, 2.75) is 0 Å². The number of carbonyl (C=O) groups excluding carboxylic acids is 1. The van der Waals surface area contributed by atoms with E-state index in [1.54, 1.807) is 19.2 Å². The monoisotopic (exact) mass is 299 g/mol. The number of hydrogen-bond acceptors (Lipinski definition) is 4. The largest absolute Gasteiger partial charge is 0.383 e. The second-order valence-electron chi connectivity index (χ2n) is 4.50. The SMILES string of the molecule is COCCN(C)CCNCC(=O)Nc1ccccc1Cl. The van der Waals surface area contributed by atoms with Crippen LogP contribution in [0.25, 0.3) is 0 Å². The summed E-state index contributed by atoms with van der Waals surface area (Å²) in [4.78, 5) is 13.9. The number of nitrogens with zero attached hydrogens (tertiary/aromatic N) is 1. The van der Waals surface area contributed by atoms with E-state index in [0.717, 1.165) is 19.6 Å². The first kappa shape index (κ1) is 16.9. The van der Waals surface area contributed by atoms with Crippen molar-refractivity contribution in [1.82, 2.24) is 10.2 Å². The van der Waals surface area contributed by atoms with Gasteiger partial charge >= 0.3 is 0 Å². The number of para-hydroxylation sites is 1. The number of hydrogen-bond donors (Lipinski definition) is 2. The highest BCUT2D eigenvalue weighted by molar-refractivity contribution is 6.33. The average molecular weight is 300 g/mol. The van der Waals surface area contributed by atoms with E-state index in [1.807, 2.05) is 19.2 Å². The lowest BCUT2D eigenvalue weighted by molar-refractivity contribution is -0.115. The molecule has 0 saturated heterocycles. The Morgan fingerprint density at radius 1 is 1.35 bits per heavy atom. The number of methoxy groups -OCH3 is 1. The fourth-order valence-electron chi connectivity index (χ4n) is 1.59. The Labute approximate surface area is 125 Å². The summed E-state index contributed by atoms with van der Waals surface area (Å²) in [6, 6.07) is 7.18. The Bertz CT molecular complexity index is 415. The summed E-state index contributed by atoms with van der Waals surface area (Å²) in [6.45, 7) is 3.47. The second-order valence-corrected chi connectivity index (χ2v) is 4.91. The topological polar surface area (TPSA) is 53.6 Å². The Kier molecular flexibility index (Phi) is 8.22. The van der Waals surface area contributed by atoms with Crippen LogP contribution in [0.3, 0.4) is 0 Å². The number of ether oxygens (including phenoxy) is 1. The first-order valence-corrected chi connectivity index (χ1v) is 6.94. The number of halogens is 1. The first-order valence-electron chi connectivity index (χ1n) is 6.56. The molecule has 1 rings (SSSR count). The zero-order chi connectivity index (χ0) is 14.8. The van der Waals surface area contributed by atoms with E-state index < -0.39 is 0 Å². The van der Waals surface area contributed by atoms with Gasteiger partial charge in [-0.25, -0.2) is 0 Å².